The van der Waals surface area contributed by atoms with Crippen LogP contribution in [0.2, 0.25) is 0 Å². The van der Waals surface area contributed by atoms with Gasteiger partial charge in [0, 0.05) is 16.4 Å². The maximum absolute atomic E-state index is 13.6. The highest BCUT2D eigenvalue weighted by molar-refractivity contribution is 9.10. The van der Waals surface area contributed by atoms with E-state index in [2.05, 4.69) is 26.2 Å². The van der Waals surface area contributed by atoms with Gasteiger partial charge in [0.1, 0.15) is 10.8 Å². The molecule has 2 aromatic rings. The Balaban J connectivity index is 2.34. The summed E-state index contributed by atoms with van der Waals surface area (Å²) in [5.41, 5.74) is 7.01. The second-order valence-electron chi connectivity index (χ2n) is 3.52. The van der Waals surface area contributed by atoms with E-state index in [0.29, 0.717) is 21.5 Å². The van der Waals surface area contributed by atoms with Crippen LogP contribution in [0.3, 0.4) is 0 Å². The molecule has 0 unspecified atom stereocenters. The van der Waals surface area contributed by atoms with Crippen molar-refractivity contribution in [2.24, 2.45) is 5.73 Å². The minimum Gasteiger partial charge on any atom is -0.388 e. The summed E-state index contributed by atoms with van der Waals surface area (Å²) in [7, 11) is 0. The van der Waals surface area contributed by atoms with Gasteiger partial charge in [0.15, 0.2) is 0 Å². The van der Waals surface area contributed by atoms with Crippen LogP contribution in [0, 0.1) is 5.82 Å². The number of halogens is 2. The van der Waals surface area contributed by atoms with Crippen LogP contribution in [0.15, 0.2) is 41.0 Å². The first-order valence-electron chi connectivity index (χ1n) is 5.05. The zero-order valence-electron chi connectivity index (χ0n) is 9.15. The average molecular weight is 326 g/mol. The van der Waals surface area contributed by atoms with E-state index in [0.717, 1.165) is 0 Å². The van der Waals surface area contributed by atoms with Crippen molar-refractivity contribution in [1.82, 2.24) is 4.98 Å². The summed E-state index contributed by atoms with van der Waals surface area (Å²) in [4.78, 5) is 4.21. The molecule has 0 fully saturated rings. The van der Waals surface area contributed by atoms with Crippen LogP contribution in [-0.4, -0.2) is 9.97 Å². The lowest BCUT2D eigenvalue weighted by Crippen LogP contribution is -2.11. The molecular weight excluding hydrogens is 317 g/mol. The van der Waals surface area contributed by atoms with Crippen molar-refractivity contribution in [3.05, 3.63) is 52.5 Å². The van der Waals surface area contributed by atoms with E-state index >= 15 is 0 Å². The van der Waals surface area contributed by atoms with Crippen LogP contribution >= 0.6 is 28.1 Å². The van der Waals surface area contributed by atoms with E-state index in [4.69, 9.17) is 18.0 Å². The van der Waals surface area contributed by atoms with Crippen LogP contribution in [0.4, 0.5) is 15.8 Å². The summed E-state index contributed by atoms with van der Waals surface area (Å²) in [6, 6.07) is 8.13. The van der Waals surface area contributed by atoms with Gasteiger partial charge in [-0.25, -0.2) is 4.39 Å². The SMILES string of the molecule is NC(=S)c1cc(Nc2c(F)cccc2Br)ccn1. The molecule has 0 aliphatic carbocycles. The Morgan fingerprint density at radius 2 is 2.17 bits per heavy atom. The van der Waals surface area contributed by atoms with Crippen LogP contribution in [0.1, 0.15) is 5.69 Å². The number of nitrogens with one attached hydrogen (secondary N) is 1. The van der Waals surface area contributed by atoms with Gasteiger partial charge in [0.25, 0.3) is 0 Å². The van der Waals surface area contributed by atoms with Gasteiger partial charge in [0.05, 0.1) is 11.4 Å². The molecular formula is C12H9BrFN3S. The van der Waals surface area contributed by atoms with Crippen LogP contribution in [0.5, 0.6) is 0 Å². The Morgan fingerprint density at radius 1 is 1.39 bits per heavy atom. The number of pyridine rings is 1. The fourth-order valence-electron chi connectivity index (χ4n) is 1.40. The normalized spacial score (nSPS) is 10.1. The molecule has 1 aromatic heterocycles. The summed E-state index contributed by atoms with van der Waals surface area (Å²) in [6.45, 7) is 0. The lowest BCUT2D eigenvalue weighted by molar-refractivity contribution is 0.631. The molecule has 0 amide bonds. The highest BCUT2D eigenvalue weighted by Gasteiger charge is 2.07. The molecule has 0 aliphatic heterocycles. The fraction of sp³-hybridized carbons (Fsp3) is 0. The zero-order valence-corrected chi connectivity index (χ0v) is 11.6. The molecule has 1 aromatic carbocycles. The number of hydrogen-bond acceptors (Lipinski definition) is 3. The first-order valence-corrected chi connectivity index (χ1v) is 6.25. The van der Waals surface area contributed by atoms with Crippen molar-refractivity contribution >= 4 is 44.5 Å². The van der Waals surface area contributed by atoms with Gasteiger partial charge < -0.3 is 11.1 Å². The minimum absolute atomic E-state index is 0.200. The summed E-state index contributed by atoms with van der Waals surface area (Å²) in [5.74, 6) is -0.349. The molecule has 3 nitrogen and oxygen atoms in total. The van der Waals surface area contributed by atoms with E-state index < -0.39 is 0 Å². The molecule has 0 spiro atoms. The number of nitrogens with zero attached hydrogens (tertiary/aromatic N) is 1. The monoisotopic (exact) mass is 325 g/mol. The van der Waals surface area contributed by atoms with Crippen LogP contribution in [0.25, 0.3) is 0 Å². The van der Waals surface area contributed by atoms with E-state index in [9.17, 15) is 4.39 Å². The van der Waals surface area contributed by atoms with Gasteiger partial charge in [-0.3, -0.25) is 4.98 Å². The summed E-state index contributed by atoms with van der Waals surface area (Å²) in [6.07, 6.45) is 1.56. The number of hydrogen-bond donors (Lipinski definition) is 2. The minimum atomic E-state index is -0.349. The topological polar surface area (TPSA) is 50.9 Å². The van der Waals surface area contributed by atoms with E-state index in [1.165, 1.54) is 6.07 Å². The fourth-order valence-corrected chi connectivity index (χ4v) is 1.96. The number of thiocarbonyl (C=S) groups is 1. The largest absolute Gasteiger partial charge is 0.388 e. The van der Waals surface area contributed by atoms with Gasteiger partial charge in [-0.1, -0.05) is 18.3 Å². The van der Waals surface area contributed by atoms with Crippen molar-refractivity contribution in [1.29, 1.82) is 0 Å². The molecule has 0 atom stereocenters. The quantitative estimate of drug-likeness (QED) is 0.849. The first kappa shape index (κ1) is 12.9. The number of nitrogens with two attached hydrogens (primary N) is 1. The standard InChI is InChI=1S/C12H9BrFN3S/c13-8-2-1-3-9(14)11(8)17-7-4-5-16-10(6-7)12(15)18/h1-6H,(H2,15,18)(H,16,17). The molecule has 0 bridgehead atoms. The molecule has 0 radical (unpaired) electrons. The smallest absolute Gasteiger partial charge is 0.147 e. The third-order valence-corrected chi connectivity index (χ3v) is 3.11. The van der Waals surface area contributed by atoms with Gasteiger partial charge >= 0.3 is 0 Å². The van der Waals surface area contributed by atoms with Crippen molar-refractivity contribution in [3.8, 4) is 0 Å². The molecule has 18 heavy (non-hydrogen) atoms. The lowest BCUT2D eigenvalue weighted by atomic mass is 10.2. The number of para-hydroxylation sites is 1. The molecule has 6 heteroatoms. The second kappa shape index (κ2) is 5.41. The number of benzene rings is 1. The molecule has 0 saturated carbocycles. The Bertz CT molecular complexity index is 583. The van der Waals surface area contributed by atoms with Gasteiger partial charge in [-0.2, -0.15) is 0 Å². The highest BCUT2D eigenvalue weighted by atomic mass is 79.9. The van der Waals surface area contributed by atoms with Crippen molar-refractivity contribution in [3.63, 3.8) is 0 Å². The summed E-state index contributed by atoms with van der Waals surface area (Å²) in [5, 5.41) is 2.96. The molecule has 1 heterocycles. The molecule has 2 rings (SSSR count). The van der Waals surface area contributed by atoms with Gasteiger partial charge in [-0.05, 0) is 40.2 Å². The number of aromatic nitrogens is 1. The Morgan fingerprint density at radius 3 is 2.83 bits per heavy atom. The third-order valence-electron chi connectivity index (χ3n) is 2.24. The Kier molecular flexibility index (Phi) is 3.88. The molecule has 3 N–H and O–H groups in total. The molecule has 0 saturated heterocycles. The summed E-state index contributed by atoms with van der Waals surface area (Å²) < 4.78 is 14.3. The van der Waals surface area contributed by atoms with Crippen molar-refractivity contribution in [2.45, 2.75) is 0 Å². The van der Waals surface area contributed by atoms with E-state index in [1.807, 2.05) is 0 Å². The summed E-state index contributed by atoms with van der Waals surface area (Å²) >= 11 is 8.13. The zero-order chi connectivity index (χ0) is 13.1. The van der Waals surface area contributed by atoms with Gasteiger partial charge in [-0.15, -0.1) is 0 Å². The average Bonchev–Trinajstić information content (AvgIpc) is 2.34. The van der Waals surface area contributed by atoms with Crippen LogP contribution < -0.4 is 11.1 Å². The van der Waals surface area contributed by atoms with E-state index in [1.54, 1.807) is 30.5 Å². The molecule has 0 aliphatic rings. The predicted molar refractivity (Wildman–Crippen MR) is 77.5 cm³/mol. The van der Waals surface area contributed by atoms with E-state index in [-0.39, 0.29) is 10.8 Å². The second-order valence-corrected chi connectivity index (χ2v) is 4.81. The third kappa shape index (κ3) is 2.83. The molecule has 92 valence electrons. The Labute approximate surface area is 117 Å². The Hall–Kier alpha value is -1.53. The maximum Gasteiger partial charge on any atom is 0.147 e. The van der Waals surface area contributed by atoms with Crippen molar-refractivity contribution in [2.75, 3.05) is 5.32 Å². The first-order chi connectivity index (χ1) is 8.58. The highest BCUT2D eigenvalue weighted by Crippen LogP contribution is 2.28. The maximum atomic E-state index is 13.6. The predicted octanol–water partition coefficient (Wildman–Crippen LogP) is 3.36. The van der Waals surface area contributed by atoms with Gasteiger partial charge in [0.2, 0.25) is 0 Å². The number of rotatable bonds is 3. The van der Waals surface area contributed by atoms with Crippen molar-refractivity contribution < 1.29 is 4.39 Å². The number of anilines is 2. The lowest BCUT2D eigenvalue weighted by Gasteiger charge is -2.10. The van der Waals surface area contributed by atoms with Crippen LogP contribution in [-0.2, 0) is 0 Å².